The molecule has 0 spiro atoms. The van der Waals surface area contributed by atoms with Crippen LogP contribution in [0.4, 0.5) is 0 Å². The second-order valence-corrected chi connectivity index (χ2v) is 17.0. The average molecular weight is 733 g/mol. The van der Waals surface area contributed by atoms with Crippen LogP contribution in [0.1, 0.15) is 97.3 Å². The van der Waals surface area contributed by atoms with Gasteiger partial charge in [0.15, 0.2) is 0 Å². The number of ketones is 2. The van der Waals surface area contributed by atoms with E-state index in [0.29, 0.717) is 32.1 Å². The summed E-state index contributed by atoms with van der Waals surface area (Å²) in [6.45, 7) is 12.6. The van der Waals surface area contributed by atoms with Gasteiger partial charge in [0.05, 0.1) is 67.6 Å². The van der Waals surface area contributed by atoms with Gasteiger partial charge in [-0.2, -0.15) is 0 Å². The van der Waals surface area contributed by atoms with Crippen LogP contribution in [0.5, 0.6) is 0 Å². The quantitative estimate of drug-likeness (QED) is 0.314. The number of aliphatic hydroxyl groups excluding tert-OH is 4. The van der Waals surface area contributed by atoms with Gasteiger partial charge in [0, 0.05) is 38.5 Å². The molecule has 7 fully saturated rings. The van der Waals surface area contributed by atoms with E-state index in [-0.39, 0.29) is 105 Å². The number of hydrogen-bond acceptors (Lipinski definition) is 12. The molecular formula is C40H60O12. The molecule has 12 nitrogen and oxygen atoms in total. The Bertz CT molecular complexity index is 1320. The van der Waals surface area contributed by atoms with Crippen molar-refractivity contribution in [2.75, 3.05) is 6.61 Å². The Morgan fingerprint density at radius 2 is 1.40 bits per heavy atom. The smallest absolute Gasteiger partial charge is 0.135 e. The highest BCUT2D eigenvalue weighted by atomic mass is 16.6. The highest BCUT2D eigenvalue weighted by Crippen LogP contribution is 2.44. The molecule has 7 aliphatic rings. The normalized spacial score (nSPS) is 48.4. The van der Waals surface area contributed by atoms with Gasteiger partial charge in [-0.25, -0.2) is 0 Å². The number of ether oxygens (including phenoxy) is 6. The van der Waals surface area contributed by atoms with Crippen LogP contribution in [-0.2, 0) is 38.0 Å². The molecule has 0 saturated carbocycles. The third kappa shape index (κ3) is 8.17. The van der Waals surface area contributed by atoms with E-state index in [9.17, 15) is 30.0 Å². The number of Topliss-reactive ketones (excluding diaryl/α,β-unsaturated/α-hetero) is 2. The van der Waals surface area contributed by atoms with Gasteiger partial charge in [-0.1, -0.05) is 27.0 Å². The highest BCUT2D eigenvalue weighted by molar-refractivity contribution is 5.79. The van der Waals surface area contributed by atoms with Gasteiger partial charge in [-0.3, -0.25) is 9.59 Å². The van der Waals surface area contributed by atoms with Crippen LogP contribution < -0.4 is 0 Å². The van der Waals surface area contributed by atoms with Gasteiger partial charge in [-0.05, 0) is 73.8 Å². The molecule has 0 aromatic rings. The SMILES string of the molecule is C=C1C[C@@H]2CCC(=O)C[C@H]3O[C@H]4[C@@H](O)[C@H]5O[C@H](CC[C@@H]5O[C@H]4[C@H]3O)CC(=O)CC3[C@H](CC4O[C@@H](CCC1O2)C[C@@H](C)C4=C)O[C@H](C[C@H](O)CO)[C@@H]3C. The second kappa shape index (κ2) is 16.3. The van der Waals surface area contributed by atoms with Crippen molar-refractivity contribution in [2.45, 2.75) is 189 Å². The number of rotatable bonds is 3. The first-order valence-electron chi connectivity index (χ1n) is 19.9. The van der Waals surface area contributed by atoms with E-state index in [0.717, 1.165) is 30.4 Å². The van der Waals surface area contributed by atoms with Crippen molar-refractivity contribution in [3.8, 4) is 0 Å². The molecule has 3 unspecified atom stereocenters. The maximum atomic E-state index is 13.8. The lowest BCUT2D eigenvalue weighted by atomic mass is 9.79. The number of carbonyl (C=O) groups is 2. The minimum absolute atomic E-state index is 0.00785. The van der Waals surface area contributed by atoms with Crippen LogP contribution in [0.2, 0.25) is 0 Å². The van der Waals surface area contributed by atoms with Crippen LogP contribution in [-0.4, -0.2) is 130 Å². The summed E-state index contributed by atoms with van der Waals surface area (Å²) in [6.07, 6.45) is -1.85. The molecule has 4 N–H and O–H groups in total. The van der Waals surface area contributed by atoms with Gasteiger partial charge in [0.2, 0.25) is 0 Å². The summed E-state index contributed by atoms with van der Waals surface area (Å²) in [6, 6.07) is 0. The zero-order valence-electron chi connectivity index (χ0n) is 30.8. The van der Waals surface area contributed by atoms with E-state index in [4.69, 9.17) is 28.4 Å². The first-order chi connectivity index (χ1) is 24.9. The van der Waals surface area contributed by atoms with E-state index in [1.807, 2.05) is 0 Å². The Labute approximate surface area is 307 Å². The molecule has 7 heterocycles. The van der Waals surface area contributed by atoms with E-state index in [1.165, 1.54) is 0 Å². The molecule has 7 rings (SSSR count). The summed E-state index contributed by atoms with van der Waals surface area (Å²) >= 11 is 0. The fourth-order valence-electron chi connectivity index (χ4n) is 10.1. The summed E-state index contributed by atoms with van der Waals surface area (Å²) in [7, 11) is 0. The molecule has 7 aliphatic heterocycles. The Balaban J connectivity index is 1.10. The van der Waals surface area contributed by atoms with Gasteiger partial charge >= 0.3 is 0 Å². The molecule has 292 valence electrons. The zero-order chi connectivity index (χ0) is 36.8. The third-order valence-electron chi connectivity index (χ3n) is 13.3. The molecule has 7 saturated heterocycles. The lowest BCUT2D eigenvalue weighted by Gasteiger charge is -2.46. The Morgan fingerprint density at radius 3 is 2.19 bits per heavy atom. The summed E-state index contributed by atoms with van der Waals surface area (Å²) in [5.74, 6) is 0.0495. The molecule has 0 aromatic heterocycles. The summed E-state index contributed by atoms with van der Waals surface area (Å²) < 4.78 is 38.4. The van der Waals surface area contributed by atoms with Crippen molar-refractivity contribution in [2.24, 2.45) is 17.8 Å². The van der Waals surface area contributed by atoms with E-state index >= 15 is 0 Å². The largest absolute Gasteiger partial charge is 0.394 e. The van der Waals surface area contributed by atoms with E-state index < -0.39 is 54.9 Å². The fraction of sp³-hybridized carbons (Fsp3) is 0.850. The number of fused-ring (bicyclic) bond motifs is 7. The van der Waals surface area contributed by atoms with Gasteiger partial charge in [-0.15, -0.1) is 0 Å². The lowest BCUT2D eigenvalue weighted by molar-refractivity contribution is -0.259. The molecule has 0 aliphatic carbocycles. The third-order valence-corrected chi connectivity index (χ3v) is 13.3. The molecule has 12 heteroatoms. The van der Waals surface area contributed by atoms with Gasteiger partial charge in [0.25, 0.3) is 0 Å². The fourth-order valence-corrected chi connectivity index (χ4v) is 10.1. The Morgan fingerprint density at radius 1 is 0.692 bits per heavy atom. The standard InChI is InChI=1S/C40H60O12/c1-19-11-27-7-9-30-20(2)12-26(47-30)6-5-23(42)15-35-36(45)39-40(52-35)37(46)38-31(51-39)10-8-28(49-38)13-24(43)14-29-22(4)32(16-25(44)18-41)50-34(29)17-33(48-27)21(19)3/h19,22,25-41,44-46H,2-3,5-18H2,1,4H3/t19-,22-,25+,26+,27+,28-,29?,30?,31+,32-,33?,34+,35-,36+,37+,38+,39+,40+/m1/s1. The molecule has 0 aromatic carbocycles. The minimum Gasteiger partial charge on any atom is -0.394 e. The predicted molar refractivity (Wildman–Crippen MR) is 187 cm³/mol. The Kier molecular flexibility index (Phi) is 12.1. The van der Waals surface area contributed by atoms with E-state index in [1.54, 1.807) is 0 Å². The van der Waals surface area contributed by atoms with Crippen LogP contribution in [0.3, 0.4) is 0 Å². The maximum absolute atomic E-state index is 13.8. The molecular weight excluding hydrogens is 672 g/mol. The molecule has 8 bridgehead atoms. The molecule has 0 radical (unpaired) electrons. The van der Waals surface area contributed by atoms with E-state index in [2.05, 4.69) is 27.0 Å². The first kappa shape index (κ1) is 38.7. The van der Waals surface area contributed by atoms with Gasteiger partial charge < -0.3 is 48.8 Å². The lowest BCUT2D eigenvalue weighted by Crippen LogP contribution is -2.61. The molecule has 52 heavy (non-hydrogen) atoms. The van der Waals surface area contributed by atoms with Crippen molar-refractivity contribution in [1.82, 2.24) is 0 Å². The van der Waals surface area contributed by atoms with Crippen LogP contribution in [0.25, 0.3) is 0 Å². The number of hydrogen-bond donors (Lipinski definition) is 4. The van der Waals surface area contributed by atoms with Crippen molar-refractivity contribution < 1.29 is 58.4 Å². The van der Waals surface area contributed by atoms with Crippen molar-refractivity contribution >= 4 is 11.6 Å². The summed E-state index contributed by atoms with van der Waals surface area (Å²) in [5.41, 5.74) is 2.04. The van der Waals surface area contributed by atoms with Crippen LogP contribution in [0.15, 0.2) is 24.3 Å². The van der Waals surface area contributed by atoms with Crippen molar-refractivity contribution in [3.63, 3.8) is 0 Å². The van der Waals surface area contributed by atoms with Gasteiger partial charge in [0.1, 0.15) is 42.1 Å². The van der Waals surface area contributed by atoms with Crippen molar-refractivity contribution in [1.29, 1.82) is 0 Å². The van der Waals surface area contributed by atoms with Crippen LogP contribution in [0, 0.1) is 17.8 Å². The zero-order valence-corrected chi connectivity index (χ0v) is 30.8. The Hall–Kier alpha value is -1.58. The van der Waals surface area contributed by atoms with Crippen LogP contribution >= 0.6 is 0 Å². The van der Waals surface area contributed by atoms with Crippen molar-refractivity contribution in [3.05, 3.63) is 24.3 Å². The minimum atomic E-state index is -1.08. The molecule has 0 amide bonds. The average Bonchev–Trinajstić information content (AvgIpc) is 3.73. The monoisotopic (exact) mass is 732 g/mol. The first-order valence-corrected chi connectivity index (χ1v) is 19.9. The second-order valence-electron chi connectivity index (χ2n) is 17.0. The molecule has 18 atom stereocenters. The summed E-state index contributed by atoms with van der Waals surface area (Å²) in [5, 5.41) is 42.5. The summed E-state index contributed by atoms with van der Waals surface area (Å²) in [4.78, 5) is 26.9. The topological polar surface area (TPSA) is 170 Å². The highest BCUT2D eigenvalue weighted by Gasteiger charge is 2.57. The number of aliphatic hydroxyl groups is 4. The predicted octanol–water partition coefficient (Wildman–Crippen LogP) is 2.89. The maximum Gasteiger partial charge on any atom is 0.135 e. The number of carbonyl (C=O) groups excluding carboxylic acids is 2.